The summed E-state index contributed by atoms with van der Waals surface area (Å²) in [5.74, 6) is 4.75. The molecule has 1 atom stereocenters. The Balaban J connectivity index is 3.08. The summed E-state index contributed by atoms with van der Waals surface area (Å²) in [5.41, 5.74) is 0. The van der Waals surface area contributed by atoms with Gasteiger partial charge in [-0.15, -0.1) is 0 Å². The van der Waals surface area contributed by atoms with Crippen molar-refractivity contribution in [1.82, 2.24) is 0 Å². The predicted molar refractivity (Wildman–Crippen MR) is 99.5 cm³/mol. The van der Waals surface area contributed by atoms with E-state index in [-0.39, 0.29) is 0 Å². The van der Waals surface area contributed by atoms with Crippen LogP contribution in [0.2, 0.25) is 0 Å². The van der Waals surface area contributed by atoms with Crippen molar-refractivity contribution in [3.05, 3.63) is 0 Å². The van der Waals surface area contributed by atoms with Gasteiger partial charge in [0.05, 0.1) is 0 Å². The topological polar surface area (TPSA) is 37.3 Å². The van der Waals surface area contributed by atoms with E-state index in [1.165, 1.54) is 83.5 Å². The van der Waals surface area contributed by atoms with Crippen LogP contribution in [0.5, 0.6) is 0 Å². The molecule has 0 saturated heterocycles. The first-order valence-corrected chi connectivity index (χ1v) is 9.88. The Morgan fingerprint density at radius 1 is 0.826 bits per heavy atom. The predicted octanol–water partition coefficient (Wildman–Crippen LogP) is 6.58. The van der Waals surface area contributed by atoms with Crippen LogP contribution < -0.4 is 0 Å². The zero-order valence-corrected chi connectivity index (χ0v) is 15.5. The lowest BCUT2D eigenvalue weighted by atomic mass is 9.99. The quantitative estimate of drug-likeness (QED) is 0.273. The van der Waals surface area contributed by atoms with E-state index in [1.807, 2.05) is 0 Å². The minimum atomic E-state index is -1.01. The molecule has 0 bridgehead atoms. The molecule has 0 radical (unpaired) electrons. The molecule has 0 spiro atoms. The highest BCUT2D eigenvalue weighted by atomic mass is 16.4. The Bertz CT molecular complexity index is 324. The largest absolute Gasteiger partial charge is 0.472 e. The molecule has 134 valence electrons. The summed E-state index contributed by atoms with van der Waals surface area (Å²) in [6.07, 6.45) is 19.5. The lowest BCUT2D eigenvalue weighted by Crippen LogP contribution is -1.91. The maximum absolute atomic E-state index is 10.2. The summed E-state index contributed by atoms with van der Waals surface area (Å²) >= 11 is 0. The molecule has 0 aromatic rings. The second kappa shape index (κ2) is 17.4. The van der Waals surface area contributed by atoms with Crippen LogP contribution in [0.1, 0.15) is 110 Å². The maximum atomic E-state index is 10.2. The van der Waals surface area contributed by atoms with Crippen molar-refractivity contribution in [2.45, 2.75) is 110 Å². The summed E-state index contributed by atoms with van der Waals surface area (Å²) in [7, 11) is 0. The first kappa shape index (κ1) is 22.0. The molecule has 0 saturated carbocycles. The van der Waals surface area contributed by atoms with Crippen molar-refractivity contribution in [3.8, 4) is 11.8 Å². The zero-order valence-electron chi connectivity index (χ0n) is 15.5. The second-order valence-corrected chi connectivity index (χ2v) is 6.90. The normalized spacial score (nSPS) is 11.7. The van der Waals surface area contributed by atoms with Gasteiger partial charge in [-0.2, -0.15) is 0 Å². The van der Waals surface area contributed by atoms with Gasteiger partial charge in [0.1, 0.15) is 0 Å². The van der Waals surface area contributed by atoms with Crippen molar-refractivity contribution in [2.24, 2.45) is 5.92 Å². The minimum absolute atomic E-state index is 0.726. The van der Waals surface area contributed by atoms with Gasteiger partial charge in [-0.3, -0.25) is 0 Å². The molecule has 0 amide bonds. The van der Waals surface area contributed by atoms with Gasteiger partial charge in [-0.1, -0.05) is 103 Å². The van der Waals surface area contributed by atoms with Gasteiger partial charge >= 0.3 is 5.97 Å². The number of carboxylic acids is 1. The minimum Gasteiger partial charge on any atom is -0.472 e. The molecule has 0 fully saturated rings. The van der Waals surface area contributed by atoms with Gasteiger partial charge in [-0.05, 0) is 12.3 Å². The SMILES string of the molecule is CCC(C)CCCCCCCCCCCCCCC#CC(=O)O. The molecule has 0 aliphatic heterocycles. The Morgan fingerprint density at radius 2 is 1.26 bits per heavy atom. The summed E-state index contributed by atoms with van der Waals surface area (Å²) in [6, 6.07) is 0. The highest BCUT2D eigenvalue weighted by molar-refractivity contribution is 5.86. The van der Waals surface area contributed by atoms with E-state index in [1.54, 1.807) is 0 Å². The standard InChI is InChI=1S/C21H38O2/c1-3-20(2)18-16-14-12-10-8-6-4-5-7-9-11-13-15-17-19-21(22)23/h20H,3-16,18H2,1-2H3,(H,22,23). The molecule has 0 aromatic heterocycles. The third-order valence-electron chi connectivity index (χ3n) is 4.64. The van der Waals surface area contributed by atoms with E-state index in [9.17, 15) is 4.79 Å². The van der Waals surface area contributed by atoms with Crippen LogP contribution in [0.4, 0.5) is 0 Å². The van der Waals surface area contributed by atoms with Crippen molar-refractivity contribution < 1.29 is 9.90 Å². The van der Waals surface area contributed by atoms with Gasteiger partial charge in [0, 0.05) is 12.3 Å². The second-order valence-electron chi connectivity index (χ2n) is 6.90. The lowest BCUT2D eigenvalue weighted by molar-refractivity contribution is -0.130. The van der Waals surface area contributed by atoms with Crippen LogP contribution in [-0.2, 0) is 4.79 Å². The van der Waals surface area contributed by atoms with Crippen LogP contribution in [0.3, 0.4) is 0 Å². The highest BCUT2D eigenvalue weighted by Crippen LogP contribution is 2.15. The fraction of sp³-hybridized carbons (Fsp3) is 0.857. The van der Waals surface area contributed by atoms with Crippen LogP contribution in [0.15, 0.2) is 0 Å². The Labute approximate surface area is 144 Å². The molecular formula is C21H38O2. The van der Waals surface area contributed by atoms with Gasteiger partial charge in [0.25, 0.3) is 0 Å². The van der Waals surface area contributed by atoms with E-state index in [4.69, 9.17) is 5.11 Å². The zero-order chi connectivity index (χ0) is 17.2. The lowest BCUT2D eigenvalue weighted by Gasteiger charge is -2.07. The van der Waals surface area contributed by atoms with E-state index >= 15 is 0 Å². The first-order chi connectivity index (χ1) is 11.2. The Morgan fingerprint density at radius 3 is 1.70 bits per heavy atom. The molecule has 23 heavy (non-hydrogen) atoms. The van der Waals surface area contributed by atoms with Crippen LogP contribution >= 0.6 is 0 Å². The van der Waals surface area contributed by atoms with E-state index in [0.717, 1.165) is 18.8 Å². The van der Waals surface area contributed by atoms with E-state index < -0.39 is 5.97 Å². The van der Waals surface area contributed by atoms with E-state index in [0.29, 0.717) is 0 Å². The van der Waals surface area contributed by atoms with Gasteiger partial charge in [0.2, 0.25) is 0 Å². The third kappa shape index (κ3) is 19.0. The molecule has 0 rings (SSSR count). The fourth-order valence-corrected chi connectivity index (χ4v) is 2.82. The number of unbranched alkanes of at least 4 members (excludes halogenated alkanes) is 12. The third-order valence-corrected chi connectivity index (χ3v) is 4.64. The molecular weight excluding hydrogens is 284 g/mol. The number of aliphatic carboxylic acids is 1. The molecule has 1 N–H and O–H groups in total. The number of rotatable bonds is 15. The first-order valence-electron chi connectivity index (χ1n) is 9.88. The summed E-state index contributed by atoms with van der Waals surface area (Å²) in [6.45, 7) is 4.65. The van der Waals surface area contributed by atoms with Gasteiger partial charge in [-0.25, -0.2) is 4.79 Å². The van der Waals surface area contributed by atoms with E-state index in [2.05, 4.69) is 25.7 Å². The highest BCUT2D eigenvalue weighted by Gasteiger charge is 1.98. The van der Waals surface area contributed by atoms with Crippen LogP contribution in [0.25, 0.3) is 0 Å². The molecule has 2 nitrogen and oxygen atoms in total. The molecule has 0 aromatic carbocycles. The van der Waals surface area contributed by atoms with Crippen LogP contribution in [0, 0.1) is 17.8 Å². The molecule has 0 aliphatic carbocycles. The molecule has 0 heterocycles. The number of carboxylic acid groups (broad SMARTS) is 1. The number of carbonyl (C=O) groups is 1. The molecule has 1 unspecified atom stereocenters. The Kier molecular flexibility index (Phi) is 16.7. The van der Waals surface area contributed by atoms with Crippen molar-refractivity contribution in [1.29, 1.82) is 0 Å². The summed E-state index contributed by atoms with van der Waals surface area (Å²) in [5, 5.41) is 8.38. The Hall–Kier alpha value is -0.970. The van der Waals surface area contributed by atoms with Crippen molar-refractivity contribution in [3.63, 3.8) is 0 Å². The average molecular weight is 323 g/mol. The summed E-state index contributed by atoms with van der Waals surface area (Å²) in [4.78, 5) is 10.2. The fourth-order valence-electron chi connectivity index (χ4n) is 2.82. The van der Waals surface area contributed by atoms with Crippen LogP contribution in [-0.4, -0.2) is 11.1 Å². The monoisotopic (exact) mass is 322 g/mol. The number of hydrogen-bond acceptors (Lipinski definition) is 1. The van der Waals surface area contributed by atoms with Gasteiger partial charge < -0.3 is 5.11 Å². The summed E-state index contributed by atoms with van der Waals surface area (Å²) < 4.78 is 0. The average Bonchev–Trinajstić information content (AvgIpc) is 2.53. The smallest absolute Gasteiger partial charge is 0.381 e. The molecule has 2 heteroatoms. The maximum Gasteiger partial charge on any atom is 0.381 e. The van der Waals surface area contributed by atoms with Crippen molar-refractivity contribution in [2.75, 3.05) is 0 Å². The molecule has 0 aliphatic rings. The van der Waals surface area contributed by atoms with Gasteiger partial charge in [0.15, 0.2) is 0 Å². The number of hydrogen-bond donors (Lipinski definition) is 1. The van der Waals surface area contributed by atoms with Crippen molar-refractivity contribution >= 4 is 5.97 Å².